The summed E-state index contributed by atoms with van der Waals surface area (Å²) in [7, 11) is 0. The van der Waals surface area contributed by atoms with E-state index in [1.54, 1.807) is 24.4 Å². The van der Waals surface area contributed by atoms with Crippen molar-refractivity contribution in [1.29, 1.82) is 0 Å². The molecule has 3 amide bonds. The topological polar surface area (TPSA) is 109 Å². The van der Waals surface area contributed by atoms with Crippen molar-refractivity contribution in [3.63, 3.8) is 0 Å². The normalized spacial score (nSPS) is 14.9. The molecule has 3 rings (SSSR count). The van der Waals surface area contributed by atoms with Crippen LogP contribution in [0.4, 0.5) is 0 Å². The van der Waals surface area contributed by atoms with Crippen molar-refractivity contribution in [3.05, 3.63) is 34.9 Å². The fourth-order valence-electron chi connectivity index (χ4n) is 2.97. The van der Waals surface area contributed by atoms with Crippen molar-refractivity contribution in [2.45, 2.75) is 19.9 Å². The van der Waals surface area contributed by atoms with Gasteiger partial charge >= 0.3 is 17.5 Å². The molecular weight excluding hydrogens is 352 g/mol. The van der Waals surface area contributed by atoms with E-state index in [4.69, 9.17) is 0 Å². The molecule has 0 aliphatic carbocycles. The minimum Gasteiger partial charge on any atom is -0.354 e. The van der Waals surface area contributed by atoms with Crippen LogP contribution in [0.5, 0.6) is 0 Å². The number of aromatic nitrogens is 3. The van der Waals surface area contributed by atoms with Crippen LogP contribution >= 0.6 is 0 Å². The molecule has 0 aromatic carbocycles. The predicted molar refractivity (Wildman–Crippen MR) is 95.9 cm³/mol. The molecule has 10 heteroatoms. The van der Waals surface area contributed by atoms with Gasteiger partial charge in [0.1, 0.15) is 6.54 Å². The molecule has 0 spiro atoms. The van der Waals surface area contributed by atoms with Gasteiger partial charge in [-0.05, 0) is 25.5 Å². The molecule has 0 radical (unpaired) electrons. The Morgan fingerprint density at radius 1 is 1.15 bits per heavy atom. The summed E-state index contributed by atoms with van der Waals surface area (Å²) in [6.07, 6.45) is 2.17. The first-order valence-corrected chi connectivity index (χ1v) is 8.90. The van der Waals surface area contributed by atoms with E-state index in [1.165, 1.54) is 18.9 Å². The molecule has 1 aliphatic heterocycles. The summed E-state index contributed by atoms with van der Waals surface area (Å²) in [5, 5.41) is 6.92. The third kappa shape index (κ3) is 3.99. The third-order valence-corrected chi connectivity index (χ3v) is 4.47. The molecule has 0 bridgehead atoms. The van der Waals surface area contributed by atoms with Gasteiger partial charge in [-0.2, -0.15) is 0 Å². The van der Waals surface area contributed by atoms with Gasteiger partial charge < -0.3 is 15.1 Å². The second kappa shape index (κ2) is 8.02. The average molecular weight is 374 g/mol. The summed E-state index contributed by atoms with van der Waals surface area (Å²) in [6.45, 7) is 3.64. The maximum absolute atomic E-state index is 12.1. The van der Waals surface area contributed by atoms with Crippen molar-refractivity contribution < 1.29 is 14.4 Å². The second-order valence-electron chi connectivity index (χ2n) is 6.25. The van der Waals surface area contributed by atoms with Crippen molar-refractivity contribution in [2.75, 3.05) is 32.7 Å². The lowest BCUT2D eigenvalue weighted by Crippen LogP contribution is -2.56. The van der Waals surface area contributed by atoms with E-state index in [1.807, 2.05) is 6.92 Å². The Balaban J connectivity index is 1.44. The van der Waals surface area contributed by atoms with E-state index in [0.29, 0.717) is 44.8 Å². The number of hydrogen-bond donors (Lipinski definition) is 1. The van der Waals surface area contributed by atoms with Gasteiger partial charge in [0.15, 0.2) is 5.65 Å². The number of rotatable bonds is 7. The van der Waals surface area contributed by atoms with Crippen molar-refractivity contribution in [2.24, 2.45) is 0 Å². The highest BCUT2D eigenvalue weighted by Gasteiger charge is 2.32. The van der Waals surface area contributed by atoms with Gasteiger partial charge in [-0.1, -0.05) is 6.07 Å². The molecule has 2 aromatic rings. The highest BCUT2D eigenvalue weighted by atomic mass is 16.2. The van der Waals surface area contributed by atoms with Crippen LogP contribution in [-0.2, 0) is 20.9 Å². The van der Waals surface area contributed by atoms with E-state index in [9.17, 15) is 19.2 Å². The molecule has 3 heterocycles. The smallest absolute Gasteiger partial charge is 0.350 e. The maximum Gasteiger partial charge on any atom is 0.350 e. The molecule has 1 fully saturated rings. The van der Waals surface area contributed by atoms with E-state index in [2.05, 4.69) is 10.4 Å². The molecule has 0 saturated carbocycles. The molecule has 1 aliphatic rings. The van der Waals surface area contributed by atoms with Gasteiger partial charge in [-0.25, -0.2) is 9.48 Å². The second-order valence-corrected chi connectivity index (χ2v) is 6.25. The Morgan fingerprint density at radius 3 is 2.63 bits per heavy atom. The SMILES string of the molecule is CCN1CCN(CC(=O)NCCCn2nc3ccccn3c2=O)C(=O)C1=O. The molecule has 144 valence electrons. The molecule has 1 N–H and O–H groups in total. The van der Waals surface area contributed by atoms with Gasteiger partial charge in [0, 0.05) is 38.9 Å². The van der Waals surface area contributed by atoms with Gasteiger partial charge in [0.25, 0.3) is 0 Å². The van der Waals surface area contributed by atoms with Crippen LogP contribution in [0.3, 0.4) is 0 Å². The number of nitrogens with zero attached hydrogens (tertiary/aromatic N) is 5. The summed E-state index contributed by atoms with van der Waals surface area (Å²) in [4.78, 5) is 50.7. The highest BCUT2D eigenvalue weighted by molar-refractivity contribution is 6.35. The standard InChI is InChI=1S/C17H22N6O4/c1-2-20-10-11-21(16(26)15(20)25)12-14(24)18-7-5-9-23-17(27)22-8-4-3-6-13(22)19-23/h3-4,6,8H,2,5,7,9-12H2,1H3,(H,18,24). The fraction of sp³-hybridized carbons (Fsp3) is 0.471. The summed E-state index contributed by atoms with van der Waals surface area (Å²) in [5.74, 6) is -1.54. The van der Waals surface area contributed by atoms with Crippen molar-refractivity contribution in [3.8, 4) is 0 Å². The molecule has 2 aromatic heterocycles. The maximum atomic E-state index is 12.1. The monoisotopic (exact) mass is 374 g/mol. The molecular formula is C17H22N6O4. The van der Waals surface area contributed by atoms with Crippen LogP contribution in [0.15, 0.2) is 29.2 Å². The number of piperazine rings is 1. The van der Waals surface area contributed by atoms with Gasteiger partial charge in [0.2, 0.25) is 5.91 Å². The minimum absolute atomic E-state index is 0.142. The first kappa shape index (κ1) is 18.6. The van der Waals surface area contributed by atoms with Crippen LogP contribution < -0.4 is 11.0 Å². The number of fused-ring (bicyclic) bond motifs is 1. The summed E-state index contributed by atoms with van der Waals surface area (Å²) in [5.41, 5.74) is 0.343. The molecule has 0 unspecified atom stereocenters. The molecule has 27 heavy (non-hydrogen) atoms. The summed E-state index contributed by atoms with van der Waals surface area (Å²) >= 11 is 0. The van der Waals surface area contributed by atoms with E-state index < -0.39 is 11.8 Å². The average Bonchev–Trinajstić information content (AvgIpc) is 2.99. The van der Waals surface area contributed by atoms with Crippen LogP contribution in [-0.4, -0.2) is 74.4 Å². The van der Waals surface area contributed by atoms with Crippen LogP contribution in [0, 0.1) is 0 Å². The zero-order valence-electron chi connectivity index (χ0n) is 15.1. The number of carbonyl (C=O) groups is 3. The van der Waals surface area contributed by atoms with Gasteiger partial charge in [0.05, 0.1) is 0 Å². The Hall–Kier alpha value is -3.17. The number of aryl methyl sites for hydroxylation is 1. The first-order chi connectivity index (χ1) is 13.0. The number of likely N-dealkylation sites (N-methyl/N-ethyl adjacent to an activating group) is 1. The zero-order valence-corrected chi connectivity index (χ0v) is 15.1. The number of nitrogens with one attached hydrogen (secondary N) is 1. The Bertz CT molecular complexity index is 918. The van der Waals surface area contributed by atoms with Gasteiger partial charge in [-0.3, -0.25) is 18.8 Å². The predicted octanol–water partition coefficient (Wildman–Crippen LogP) is -1.31. The van der Waals surface area contributed by atoms with E-state index in [0.717, 1.165) is 0 Å². The summed E-state index contributed by atoms with van der Waals surface area (Å²) < 4.78 is 2.81. The largest absolute Gasteiger partial charge is 0.354 e. The Labute approximate surface area is 155 Å². The fourth-order valence-corrected chi connectivity index (χ4v) is 2.97. The number of pyridine rings is 1. The lowest BCUT2D eigenvalue weighted by molar-refractivity contribution is -0.156. The number of amides is 3. The molecule has 1 saturated heterocycles. The number of hydrogen-bond acceptors (Lipinski definition) is 5. The lowest BCUT2D eigenvalue weighted by atomic mass is 10.3. The summed E-state index contributed by atoms with van der Waals surface area (Å²) in [6, 6.07) is 5.31. The van der Waals surface area contributed by atoms with Crippen LogP contribution in [0.2, 0.25) is 0 Å². The van der Waals surface area contributed by atoms with Crippen molar-refractivity contribution >= 4 is 23.4 Å². The molecule has 10 nitrogen and oxygen atoms in total. The third-order valence-electron chi connectivity index (χ3n) is 4.47. The highest BCUT2D eigenvalue weighted by Crippen LogP contribution is 2.04. The van der Waals surface area contributed by atoms with Crippen molar-refractivity contribution in [1.82, 2.24) is 29.3 Å². The zero-order chi connectivity index (χ0) is 19.4. The quantitative estimate of drug-likeness (QED) is 0.478. The number of carbonyl (C=O) groups excluding carboxylic acids is 3. The lowest BCUT2D eigenvalue weighted by Gasteiger charge is -2.32. The van der Waals surface area contributed by atoms with Crippen LogP contribution in [0.25, 0.3) is 5.65 Å². The molecule has 0 atom stereocenters. The van der Waals surface area contributed by atoms with Gasteiger partial charge in [-0.15, -0.1) is 5.10 Å². The first-order valence-electron chi connectivity index (χ1n) is 8.90. The van der Waals surface area contributed by atoms with E-state index in [-0.39, 0.29) is 18.1 Å². The Kier molecular flexibility index (Phi) is 5.53. The Morgan fingerprint density at radius 2 is 1.89 bits per heavy atom. The van der Waals surface area contributed by atoms with E-state index >= 15 is 0 Å². The minimum atomic E-state index is -0.644. The van der Waals surface area contributed by atoms with Crippen LogP contribution in [0.1, 0.15) is 13.3 Å².